The molecule has 1 aliphatic rings. The van der Waals surface area contributed by atoms with Crippen molar-refractivity contribution in [2.24, 2.45) is 5.92 Å². The van der Waals surface area contributed by atoms with E-state index in [9.17, 15) is 13.2 Å². The van der Waals surface area contributed by atoms with E-state index in [4.69, 9.17) is 9.47 Å². The molecule has 33 heavy (non-hydrogen) atoms. The van der Waals surface area contributed by atoms with Gasteiger partial charge in [-0.15, -0.1) is 0 Å². The van der Waals surface area contributed by atoms with E-state index < -0.39 is 11.6 Å². The molecule has 1 saturated carbocycles. The Hall–Kier alpha value is -2.95. The molecule has 0 spiro atoms. The Bertz CT molecular complexity index is 1090. The maximum atomic E-state index is 14.8. The highest BCUT2D eigenvalue weighted by Gasteiger charge is 2.25. The summed E-state index contributed by atoms with van der Waals surface area (Å²) in [6, 6.07) is 15.3. The number of aryl methyl sites for hydroxylation is 1. The van der Waals surface area contributed by atoms with E-state index >= 15 is 0 Å². The summed E-state index contributed by atoms with van der Waals surface area (Å²) in [5.41, 5.74) is 2.02. The predicted octanol–water partition coefficient (Wildman–Crippen LogP) is 7.69. The van der Waals surface area contributed by atoms with E-state index in [0.29, 0.717) is 35.0 Å². The molecule has 1 fully saturated rings. The maximum absolute atomic E-state index is 14.8. The summed E-state index contributed by atoms with van der Waals surface area (Å²) in [7, 11) is 3.09. The zero-order valence-electron chi connectivity index (χ0n) is 19.0. The van der Waals surface area contributed by atoms with Crippen LogP contribution in [0.5, 0.6) is 11.5 Å². The SMILES string of the molecule is COc1ccc(-c2ccc(CCC3CCC(c4ccc(OC)cc4F)CC3)c(F)c2F)cc1. The molecular weight excluding hydrogens is 425 g/mol. The highest BCUT2D eigenvalue weighted by atomic mass is 19.2. The lowest BCUT2D eigenvalue weighted by atomic mass is 9.76. The number of rotatable bonds is 7. The van der Waals surface area contributed by atoms with Crippen molar-refractivity contribution < 1.29 is 22.6 Å². The summed E-state index contributed by atoms with van der Waals surface area (Å²) in [6.45, 7) is 0. The summed E-state index contributed by atoms with van der Waals surface area (Å²) in [6.07, 6.45) is 5.03. The van der Waals surface area contributed by atoms with Crippen LogP contribution in [0.2, 0.25) is 0 Å². The lowest BCUT2D eigenvalue weighted by Crippen LogP contribution is -2.15. The Balaban J connectivity index is 1.35. The van der Waals surface area contributed by atoms with Gasteiger partial charge in [0.05, 0.1) is 14.2 Å². The molecule has 0 saturated heterocycles. The first-order chi connectivity index (χ1) is 16.0. The Morgan fingerprint density at radius 3 is 2.06 bits per heavy atom. The van der Waals surface area contributed by atoms with Crippen LogP contribution < -0.4 is 9.47 Å². The van der Waals surface area contributed by atoms with E-state index in [1.807, 2.05) is 6.07 Å². The van der Waals surface area contributed by atoms with Crippen LogP contribution in [0, 0.1) is 23.4 Å². The van der Waals surface area contributed by atoms with Gasteiger partial charge in [0.15, 0.2) is 11.6 Å². The smallest absolute Gasteiger partial charge is 0.166 e. The summed E-state index contributed by atoms with van der Waals surface area (Å²) >= 11 is 0. The van der Waals surface area contributed by atoms with Crippen molar-refractivity contribution in [1.82, 2.24) is 0 Å². The summed E-state index contributed by atoms with van der Waals surface area (Å²) in [4.78, 5) is 0. The Morgan fingerprint density at radius 1 is 0.758 bits per heavy atom. The zero-order valence-corrected chi connectivity index (χ0v) is 19.0. The van der Waals surface area contributed by atoms with E-state index in [-0.39, 0.29) is 17.3 Å². The minimum absolute atomic E-state index is 0.199. The molecule has 0 bridgehead atoms. The van der Waals surface area contributed by atoms with Crippen LogP contribution >= 0.6 is 0 Å². The van der Waals surface area contributed by atoms with Crippen LogP contribution in [-0.4, -0.2) is 14.2 Å². The lowest BCUT2D eigenvalue weighted by molar-refractivity contribution is 0.305. The minimum atomic E-state index is -0.809. The van der Waals surface area contributed by atoms with Crippen molar-refractivity contribution >= 4 is 0 Å². The third-order valence-electron chi connectivity index (χ3n) is 6.88. The van der Waals surface area contributed by atoms with Gasteiger partial charge >= 0.3 is 0 Å². The molecule has 1 aliphatic carbocycles. The van der Waals surface area contributed by atoms with Crippen LogP contribution in [0.25, 0.3) is 11.1 Å². The first kappa shape index (κ1) is 23.2. The molecule has 0 aromatic heterocycles. The maximum Gasteiger partial charge on any atom is 0.166 e. The number of ether oxygens (including phenoxy) is 2. The number of benzene rings is 3. The van der Waals surface area contributed by atoms with Crippen molar-refractivity contribution in [1.29, 1.82) is 0 Å². The van der Waals surface area contributed by atoms with Crippen molar-refractivity contribution in [3.63, 3.8) is 0 Å². The van der Waals surface area contributed by atoms with Gasteiger partial charge in [-0.05, 0) is 85.3 Å². The molecule has 2 nitrogen and oxygen atoms in total. The van der Waals surface area contributed by atoms with Gasteiger partial charge in [-0.2, -0.15) is 0 Å². The summed E-state index contributed by atoms with van der Waals surface area (Å²) < 4.78 is 54.2. The number of hydrogen-bond donors (Lipinski definition) is 0. The number of methoxy groups -OCH3 is 2. The molecule has 0 unspecified atom stereocenters. The lowest BCUT2D eigenvalue weighted by Gasteiger charge is -2.29. The van der Waals surface area contributed by atoms with Crippen LogP contribution in [0.4, 0.5) is 13.2 Å². The highest BCUT2D eigenvalue weighted by Crippen LogP contribution is 2.39. The third kappa shape index (κ3) is 5.18. The summed E-state index contributed by atoms with van der Waals surface area (Å²) in [5.74, 6) is 0.0373. The molecule has 3 aromatic carbocycles. The number of hydrogen-bond acceptors (Lipinski definition) is 2. The average Bonchev–Trinajstić information content (AvgIpc) is 2.85. The van der Waals surface area contributed by atoms with Crippen LogP contribution in [0.1, 0.15) is 49.1 Å². The van der Waals surface area contributed by atoms with Gasteiger partial charge in [0, 0.05) is 11.6 Å². The Labute approximate surface area is 193 Å². The normalized spacial score (nSPS) is 18.2. The van der Waals surface area contributed by atoms with E-state index in [1.165, 1.54) is 13.2 Å². The molecule has 5 heteroatoms. The molecule has 174 valence electrons. The number of halogens is 3. The van der Waals surface area contributed by atoms with Crippen molar-refractivity contribution in [3.05, 3.63) is 83.2 Å². The molecule has 0 aliphatic heterocycles. The van der Waals surface area contributed by atoms with Gasteiger partial charge in [0.1, 0.15) is 17.3 Å². The van der Waals surface area contributed by atoms with Gasteiger partial charge in [-0.3, -0.25) is 0 Å². The molecular formula is C28H29F3O2. The average molecular weight is 455 g/mol. The van der Waals surface area contributed by atoms with Gasteiger partial charge in [-0.1, -0.05) is 30.3 Å². The van der Waals surface area contributed by atoms with Gasteiger partial charge in [0.25, 0.3) is 0 Å². The fraction of sp³-hybridized carbons (Fsp3) is 0.357. The Kier molecular flexibility index (Phi) is 7.26. The Morgan fingerprint density at radius 2 is 1.42 bits per heavy atom. The molecule has 0 amide bonds. The zero-order chi connectivity index (χ0) is 23.4. The fourth-order valence-electron chi connectivity index (χ4n) is 4.86. The second-order valence-electron chi connectivity index (χ2n) is 8.77. The molecule has 4 rings (SSSR count). The van der Waals surface area contributed by atoms with Gasteiger partial charge < -0.3 is 9.47 Å². The topological polar surface area (TPSA) is 18.5 Å². The monoisotopic (exact) mass is 454 g/mol. The van der Waals surface area contributed by atoms with Crippen LogP contribution in [0.3, 0.4) is 0 Å². The molecule has 3 aromatic rings. The fourth-order valence-corrected chi connectivity index (χ4v) is 4.86. The van der Waals surface area contributed by atoms with E-state index in [2.05, 4.69) is 0 Å². The van der Waals surface area contributed by atoms with Crippen molar-refractivity contribution in [3.8, 4) is 22.6 Å². The first-order valence-electron chi connectivity index (χ1n) is 11.4. The molecule has 0 radical (unpaired) electrons. The van der Waals surface area contributed by atoms with Gasteiger partial charge in [0.2, 0.25) is 0 Å². The van der Waals surface area contributed by atoms with Crippen molar-refractivity contribution in [2.45, 2.75) is 44.4 Å². The second kappa shape index (κ2) is 10.3. The van der Waals surface area contributed by atoms with Gasteiger partial charge in [-0.25, -0.2) is 13.2 Å². The van der Waals surface area contributed by atoms with Crippen LogP contribution in [-0.2, 0) is 6.42 Å². The molecule has 0 heterocycles. The van der Waals surface area contributed by atoms with E-state index in [0.717, 1.165) is 37.7 Å². The highest BCUT2D eigenvalue weighted by molar-refractivity contribution is 5.65. The second-order valence-corrected chi connectivity index (χ2v) is 8.77. The first-order valence-corrected chi connectivity index (χ1v) is 11.4. The predicted molar refractivity (Wildman–Crippen MR) is 124 cm³/mol. The quantitative estimate of drug-likeness (QED) is 0.364. The standard InChI is InChI=1S/C28H29F3O2/c1-32-22-12-9-20(10-13-22)25-15-11-21(27(30)28(25)31)8-5-18-3-6-19(7-4-18)24-16-14-23(33-2)17-26(24)29/h9-19H,3-8H2,1-2H3. The van der Waals surface area contributed by atoms with Crippen LogP contribution in [0.15, 0.2) is 54.6 Å². The van der Waals surface area contributed by atoms with E-state index in [1.54, 1.807) is 49.6 Å². The summed E-state index contributed by atoms with van der Waals surface area (Å²) in [5, 5.41) is 0. The van der Waals surface area contributed by atoms with Crippen molar-refractivity contribution in [2.75, 3.05) is 14.2 Å². The third-order valence-corrected chi connectivity index (χ3v) is 6.88. The molecule has 0 N–H and O–H groups in total. The largest absolute Gasteiger partial charge is 0.497 e. The molecule has 0 atom stereocenters. The minimum Gasteiger partial charge on any atom is -0.497 e.